The summed E-state index contributed by atoms with van der Waals surface area (Å²) in [6.07, 6.45) is 1.63. The molecule has 0 saturated carbocycles. The van der Waals surface area contributed by atoms with Gasteiger partial charge in [0.2, 0.25) is 0 Å². The third-order valence-electron chi connectivity index (χ3n) is 5.23. The van der Waals surface area contributed by atoms with E-state index in [4.69, 9.17) is 19.8 Å². The SMILES string of the molecule is CC(NC1CCN(Cc2ccccc2)CC1)C(O)c1ccc(O)cc1.O=C(O)C(=O)O. The first-order valence-electron chi connectivity index (χ1n) is 10.2. The van der Waals surface area contributed by atoms with Gasteiger partial charge in [-0.05, 0) is 56.1 Å². The molecule has 0 bridgehead atoms. The summed E-state index contributed by atoms with van der Waals surface area (Å²) >= 11 is 0. The topological polar surface area (TPSA) is 130 Å². The second-order valence-electron chi connectivity index (χ2n) is 7.64. The summed E-state index contributed by atoms with van der Waals surface area (Å²) in [6.45, 7) is 5.19. The first-order chi connectivity index (χ1) is 14.8. The van der Waals surface area contributed by atoms with Gasteiger partial charge in [0.1, 0.15) is 5.75 Å². The molecule has 2 aromatic rings. The Labute approximate surface area is 181 Å². The number of aliphatic carboxylic acids is 2. The van der Waals surface area contributed by atoms with Gasteiger partial charge in [0.05, 0.1) is 6.10 Å². The van der Waals surface area contributed by atoms with Crippen LogP contribution in [0.25, 0.3) is 0 Å². The molecule has 0 aliphatic carbocycles. The number of nitrogens with one attached hydrogen (secondary N) is 1. The molecule has 8 nitrogen and oxygen atoms in total. The van der Waals surface area contributed by atoms with Crippen LogP contribution in [-0.2, 0) is 16.1 Å². The van der Waals surface area contributed by atoms with Gasteiger partial charge in [-0.15, -0.1) is 0 Å². The highest BCUT2D eigenvalue weighted by molar-refractivity contribution is 6.27. The number of hydrogen-bond acceptors (Lipinski definition) is 6. The summed E-state index contributed by atoms with van der Waals surface area (Å²) in [4.78, 5) is 20.7. The fourth-order valence-corrected chi connectivity index (χ4v) is 3.52. The Morgan fingerprint density at radius 2 is 1.55 bits per heavy atom. The number of likely N-dealkylation sites (tertiary alicyclic amines) is 1. The number of phenols is 1. The van der Waals surface area contributed by atoms with E-state index in [9.17, 15) is 10.2 Å². The van der Waals surface area contributed by atoms with E-state index in [1.54, 1.807) is 24.3 Å². The molecule has 3 rings (SSSR count). The largest absolute Gasteiger partial charge is 0.508 e. The predicted octanol–water partition coefficient (Wildman–Crippen LogP) is 2.22. The Hall–Kier alpha value is -2.94. The van der Waals surface area contributed by atoms with E-state index in [-0.39, 0.29) is 11.8 Å². The fourth-order valence-electron chi connectivity index (χ4n) is 3.52. The molecule has 168 valence electrons. The number of carboxylic acids is 2. The van der Waals surface area contributed by atoms with E-state index in [0.717, 1.165) is 38.0 Å². The van der Waals surface area contributed by atoms with Gasteiger partial charge in [0, 0.05) is 18.6 Å². The summed E-state index contributed by atoms with van der Waals surface area (Å²) in [5, 5.41) is 38.2. The summed E-state index contributed by atoms with van der Waals surface area (Å²) in [5.74, 6) is -3.42. The van der Waals surface area contributed by atoms with Crippen LogP contribution < -0.4 is 5.32 Å². The van der Waals surface area contributed by atoms with Crippen molar-refractivity contribution in [1.29, 1.82) is 0 Å². The maximum Gasteiger partial charge on any atom is 0.414 e. The second kappa shape index (κ2) is 12.0. The third kappa shape index (κ3) is 8.37. The molecule has 2 atom stereocenters. The first-order valence-corrected chi connectivity index (χ1v) is 10.2. The van der Waals surface area contributed by atoms with Crippen molar-refractivity contribution in [3.63, 3.8) is 0 Å². The van der Waals surface area contributed by atoms with E-state index < -0.39 is 18.0 Å². The minimum absolute atomic E-state index is 0.0183. The van der Waals surface area contributed by atoms with Crippen LogP contribution in [0.2, 0.25) is 0 Å². The van der Waals surface area contributed by atoms with Gasteiger partial charge in [0.15, 0.2) is 0 Å². The van der Waals surface area contributed by atoms with Crippen molar-refractivity contribution in [1.82, 2.24) is 10.2 Å². The Morgan fingerprint density at radius 3 is 2.06 bits per heavy atom. The van der Waals surface area contributed by atoms with Gasteiger partial charge in [-0.1, -0.05) is 42.5 Å². The first kappa shape index (κ1) is 24.3. The molecule has 1 saturated heterocycles. The molecular weight excluding hydrogens is 400 g/mol. The summed E-state index contributed by atoms with van der Waals surface area (Å²) < 4.78 is 0. The van der Waals surface area contributed by atoms with E-state index in [1.807, 2.05) is 6.92 Å². The quantitative estimate of drug-likeness (QED) is 0.441. The number of aliphatic hydroxyl groups is 1. The van der Waals surface area contributed by atoms with Gasteiger partial charge >= 0.3 is 11.9 Å². The lowest BCUT2D eigenvalue weighted by molar-refractivity contribution is -0.159. The summed E-state index contributed by atoms with van der Waals surface area (Å²) in [6, 6.07) is 17.8. The smallest absolute Gasteiger partial charge is 0.414 e. The number of phenolic OH excluding ortho intramolecular Hbond substituents is 1. The van der Waals surface area contributed by atoms with Gasteiger partial charge in [-0.25, -0.2) is 9.59 Å². The molecule has 0 amide bonds. The Kier molecular flexibility index (Phi) is 9.45. The van der Waals surface area contributed by atoms with Gasteiger partial charge in [0.25, 0.3) is 0 Å². The molecule has 0 spiro atoms. The van der Waals surface area contributed by atoms with E-state index in [2.05, 4.69) is 40.5 Å². The van der Waals surface area contributed by atoms with Crippen LogP contribution >= 0.6 is 0 Å². The Balaban J connectivity index is 0.000000501. The van der Waals surface area contributed by atoms with Gasteiger partial charge in [-0.2, -0.15) is 0 Å². The van der Waals surface area contributed by atoms with Gasteiger partial charge in [-0.3, -0.25) is 4.90 Å². The molecule has 1 aliphatic heterocycles. The van der Waals surface area contributed by atoms with Crippen molar-refractivity contribution in [2.24, 2.45) is 0 Å². The third-order valence-corrected chi connectivity index (χ3v) is 5.23. The zero-order valence-corrected chi connectivity index (χ0v) is 17.5. The van der Waals surface area contributed by atoms with E-state index in [0.29, 0.717) is 6.04 Å². The lowest BCUT2D eigenvalue weighted by Gasteiger charge is -2.35. The molecule has 0 aromatic heterocycles. The van der Waals surface area contributed by atoms with Crippen LogP contribution in [0.4, 0.5) is 0 Å². The molecule has 8 heteroatoms. The minimum Gasteiger partial charge on any atom is -0.508 e. The standard InChI is InChI=1S/C21H28N2O2.C2H2O4/c1-16(21(25)18-7-9-20(24)10-8-18)22-19-11-13-23(14-12-19)15-17-5-3-2-4-6-17;3-1(4)2(5)6/h2-10,16,19,21-22,24-25H,11-15H2,1H3;(H,3,4)(H,5,6). The average Bonchev–Trinajstić information content (AvgIpc) is 2.76. The van der Waals surface area contributed by atoms with Crippen LogP contribution in [0.5, 0.6) is 5.75 Å². The average molecular weight is 431 g/mol. The van der Waals surface area contributed by atoms with Crippen molar-refractivity contribution in [2.45, 2.75) is 44.5 Å². The van der Waals surface area contributed by atoms with Crippen molar-refractivity contribution >= 4 is 11.9 Å². The fraction of sp³-hybridized carbons (Fsp3) is 0.391. The maximum atomic E-state index is 10.5. The molecule has 31 heavy (non-hydrogen) atoms. The highest BCUT2D eigenvalue weighted by atomic mass is 16.4. The Bertz CT molecular complexity index is 808. The Morgan fingerprint density at radius 1 is 1.00 bits per heavy atom. The number of piperidine rings is 1. The number of hydrogen-bond donors (Lipinski definition) is 5. The van der Waals surface area contributed by atoms with Gasteiger partial charge < -0.3 is 25.7 Å². The molecule has 5 N–H and O–H groups in total. The minimum atomic E-state index is -1.82. The number of carboxylic acid groups (broad SMARTS) is 2. The zero-order chi connectivity index (χ0) is 22.8. The summed E-state index contributed by atoms with van der Waals surface area (Å²) in [5.41, 5.74) is 2.20. The monoisotopic (exact) mass is 430 g/mol. The second-order valence-corrected chi connectivity index (χ2v) is 7.64. The molecule has 1 heterocycles. The molecule has 2 unspecified atom stereocenters. The van der Waals surface area contributed by atoms with Crippen LogP contribution in [-0.4, -0.2) is 62.4 Å². The van der Waals surface area contributed by atoms with Crippen LogP contribution in [0.3, 0.4) is 0 Å². The van der Waals surface area contributed by atoms with Crippen molar-refractivity contribution in [3.8, 4) is 5.75 Å². The summed E-state index contributed by atoms with van der Waals surface area (Å²) in [7, 11) is 0. The molecule has 1 fully saturated rings. The number of aromatic hydroxyl groups is 1. The molecule has 0 radical (unpaired) electrons. The van der Waals surface area contributed by atoms with Crippen molar-refractivity contribution in [2.75, 3.05) is 13.1 Å². The number of rotatable bonds is 6. The molecule has 1 aliphatic rings. The van der Waals surface area contributed by atoms with Crippen LogP contribution in [0.1, 0.15) is 37.0 Å². The number of benzene rings is 2. The lowest BCUT2D eigenvalue weighted by atomic mass is 9.99. The predicted molar refractivity (Wildman–Crippen MR) is 116 cm³/mol. The molecular formula is C23H30N2O6. The highest BCUT2D eigenvalue weighted by Crippen LogP contribution is 2.21. The van der Waals surface area contributed by atoms with Crippen LogP contribution in [0.15, 0.2) is 54.6 Å². The normalized spacial score (nSPS) is 16.6. The van der Waals surface area contributed by atoms with E-state index in [1.165, 1.54) is 5.56 Å². The lowest BCUT2D eigenvalue weighted by Crippen LogP contribution is -2.46. The highest BCUT2D eigenvalue weighted by Gasteiger charge is 2.23. The zero-order valence-electron chi connectivity index (χ0n) is 17.5. The van der Waals surface area contributed by atoms with Crippen molar-refractivity contribution in [3.05, 3.63) is 65.7 Å². The van der Waals surface area contributed by atoms with Crippen LogP contribution in [0, 0.1) is 0 Å². The molecule has 2 aromatic carbocycles. The number of nitrogens with zero attached hydrogens (tertiary/aromatic N) is 1. The maximum absolute atomic E-state index is 10.5. The number of carbonyl (C=O) groups is 2. The van der Waals surface area contributed by atoms with E-state index >= 15 is 0 Å². The van der Waals surface area contributed by atoms with Crippen molar-refractivity contribution < 1.29 is 30.0 Å². The number of aliphatic hydroxyl groups excluding tert-OH is 1.